The topological polar surface area (TPSA) is 101 Å². The first-order chi connectivity index (χ1) is 14.5. The fourth-order valence-electron chi connectivity index (χ4n) is 3.19. The number of carbonyl (C=O) groups excluding carboxylic acids is 1. The highest BCUT2D eigenvalue weighted by Crippen LogP contribution is 2.23. The van der Waals surface area contributed by atoms with Gasteiger partial charge in [-0.05, 0) is 24.3 Å². The average molecular weight is 424 g/mol. The van der Waals surface area contributed by atoms with Crippen molar-refractivity contribution in [1.82, 2.24) is 30.0 Å². The van der Waals surface area contributed by atoms with E-state index in [9.17, 15) is 4.79 Å². The molecule has 1 aromatic carbocycles. The summed E-state index contributed by atoms with van der Waals surface area (Å²) >= 11 is 1.49. The van der Waals surface area contributed by atoms with E-state index in [0.717, 1.165) is 34.3 Å². The average Bonchev–Trinajstić information content (AvgIpc) is 3.36. The van der Waals surface area contributed by atoms with E-state index in [1.165, 1.54) is 11.8 Å². The molecule has 3 heterocycles. The van der Waals surface area contributed by atoms with Crippen LogP contribution in [-0.4, -0.2) is 50.0 Å². The van der Waals surface area contributed by atoms with Gasteiger partial charge in [-0.25, -0.2) is 14.6 Å². The summed E-state index contributed by atoms with van der Waals surface area (Å²) in [5, 5.41) is 13.4. The van der Waals surface area contributed by atoms with E-state index in [-0.39, 0.29) is 5.91 Å². The number of H-pyrrole nitrogens is 1. The Morgan fingerprint density at radius 2 is 2.10 bits per heavy atom. The van der Waals surface area contributed by atoms with Gasteiger partial charge in [-0.2, -0.15) is 5.10 Å². The highest BCUT2D eigenvalue weighted by Gasteiger charge is 2.14. The second-order valence-corrected chi connectivity index (χ2v) is 8.24. The quantitative estimate of drug-likeness (QED) is 0.296. The molecule has 9 heteroatoms. The number of para-hydroxylation sites is 1. The van der Waals surface area contributed by atoms with Gasteiger partial charge in [0.2, 0.25) is 0 Å². The largest absolute Gasteiger partial charge is 0.369 e. The number of rotatable bonds is 8. The summed E-state index contributed by atoms with van der Waals surface area (Å²) < 4.78 is 1.81. The molecular weight excluding hydrogens is 398 g/mol. The molecule has 0 unspecified atom stereocenters. The fourth-order valence-corrected chi connectivity index (χ4v) is 3.55. The molecular formula is C21H25N7OS. The maximum absolute atomic E-state index is 12.5. The predicted molar refractivity (Wildman–Crippen MR) is 121 cm³/mol. The summed E-state index contributed by atoms with van der Waals surface area (Å²) in [4.78, 5) is 24.9. The number of nitrogens with one attached hydrogen (secondary N) is 3. The Labute approximate surface area is 178 Å². The highest BCUT2D eigenvalue weighted by atomic mass is 32.2. The van der Waals surface area contributed by atoms with Crippen LogP contribution in [0.15, 0.2) is 41.7 Å². The van der Waals surface area contributed by atoms with Crippen molar-refractivity contribution in [3.8, 4) is 0 Å². The molecule has 4 aromatic rings. The lowest BCUT2D eigenvalue weighted by Gasteiger charge is -2.10. The van der Waals surface area contributed by atoms with Crippen molar-refractivity contribution in [2.24, 2.45) is 5.92 Å². The van der Waals surface area contributed by atoms with E-state index >= 15 is 0 Å². The number of anilines is 1. The third kappa shape index (κ3) is 4.25. The zero-order chi connectivity index (χ0) is 21.1. The number of benzene rings is 1. The van der Waals surface area contributed by atoms with Gasteiger partial charge in [-0.15, -0.1) is 0 Å². The molecule has 0 saturated carbocycles. The van der Waals surface area contributed by atoms with Crippen LogP contribution in [0.2, 0.25) is 0 Å². The van der Waals surface area contributed by atoms with E-state index in [4.69, 9.17) is 0 Å². The predicted octanol–water partition coefficient (Wildman–Crippen LogP) is 3.53. The van der Waals surface area contributed by atoms with Gasteiger partial charge >= 0.3 is 0 Å². The first-order valence-electron chi connectivity index (χ1n) is 9.92. The Kier molecular flexibility index (Phi) is 5.89. The lowest BCUT2D eigenvalue weighted by molar-refractivity contribution is 0.0948. The molecule has 0 radical (unpaired) electrons. The summed E-state index contributed by atoms with van der Waals surface area (Å²) in [5.41, 5.74) is 2.26. The molecule has 3 aromatic heterocycles. The summed E-state index contributed by atoms with van der Waals surface area (Å²) in [5.74, 6) is 1.16. The molecule has 1 amide bonds. The number of aromatic amines is 1. The van der Waals surface area contributed by atoms with E-state index in [0.29, 0.717) is 29.9 Å². The Balaban J connectivity index is 1.47. The van der Waals surface area contributed by atoms with Gasteiger partial charge < -0.3 is 15.6 Å². The number of aromatic nitrogens is 5. The number of hydrogen-bond acceptors (Lipinski definition) is 6. The molecule has 0 aliphatic carbocycles. The van der Waals surface area contributed by atoms with Gasteiger partial charge in [0.1, 0.15) is 11.5 Å². The number of carbonyl (C=O) groups is 1. The SMILES string of the molecule is CSc1nc(NCC(C)C)c2cnn(CCNC(=O)c3cc4ccccc4[nH]3)c2n1. The lowest BCUT2D eigenvalue weighted by Crippen LogP contribution is -2.27. The molecule has 8 nitrogen and oxygen atoms in total. The van der Waals surface area contributed by atoms with Crippen molar-refractivity contribution >= 4 is 45.4 Å². The summed E-state index contributed by atoms with van der Waals surface area (Å²) in [6.45, 7) is 6.09. The Bertz CT molecular complexity index is 1150. The van der Waals surface area contributed by atoms with Crippen LogP contribution in [0.5, 0.6) is 0 Å². The molecule has 0 bridgehead atoms. The summed E-state index contributed by atoms with van der Waals surface area (Å²) in [6, 6.07) is 9.69. The maximum Gasteiger partial charge on any atom is 0.267 e. The van der Waals surface area contributed by atoms with Gasteiger partial charge in [0.25, 0.3) is 5.91 Å². The number of amides is 1. The van der Waals surface area contributed by atoms with Gasteiger partial charge in [-0.3, -0.25) is 4.79 Å². The Morgan fingerprint density at radius 1 is 1.27 bits per heavy atom. The van der Waals surface area contributed by atoms with Gasteiger partial charge in [0, 0.05) is 24.0 Å². The number of thioether (sulfide) groups is 1. The van der Waals surface area contributed by atoms with Gasteiger partial charge in [-0.1, -0.05) is 43.8 Å². The number of hydrogen-bond donors (Lipinski definition) is 3. The molecule has 0 fully saturated rings. The minimum absolute atomic E-state index is 0.138. The zero-order valence-electron chi connectivity index (χ0n) is 17.3. The van der Waals surface area contributed by atoms with Crippen LogP contribution >= 0.6 is 11.8 Å². The molecule has 0 aliphatic rings. The van der Waals surface area contributed by atoms with E-state index in [1.807, 2.05) is 41.3 Å². The highest BCUT2D eigenvalue weighted by molar-refractivity contribution is 7.98. The van der Waals surface area contributed by atoms with Crippen LogP contribution in [-0.2, 0) is 6.54 Å². The van der Waals surface area contributed by atoms with Crippen LogP contribution in [0.3, 0.4) is 0 Å². The Hall–Kier alpha value is -3.07. The number of fused-ring (bicyclic) bond motifs is 2. The molecule has 0 atom stereocenters. The standard InChI is InChI=1S/C21H25N7OS/c1-13(2)11-23-18-15-12-24-28(19(15)27-21(26-18)30-3)9-8-22-20(29)17-10-14-6-4-5-7-16(14)25-17/h4-7,10,12-13,25H,8-9,11H2,1-3H3,(H,22,29)(H,23,26,27). The minimum Gasteiger partial charge on any atom is -0.369 e. The number of nitrogens with zero attached hydrogens (tertiary/aromatic N) is 4. The van der Waals surface area contributed by atoms with Crippen molar-refractivity contribution in [3.05, 3.63) is 42.2 Å². The summed E-state index contributed by atoms with van der Waals surface area (Å²) in [6.07, 6.45) is 3.73. The molecule has 0 saturated heterocycles. The smallest absolute Gasteiger partial charge is 0.267 e. The lowest BCUT2D eigenvalue weighted by atomic mass is 10.2. The molecule has 30 heavy (non-hydrogen) atoms. The van der Waals surface area contributed by atoms with E-state index < -0.39 is 0 Å². The van der Waals surface area contributed by atoms with Crippen molar-refractivity contribution < 1.29 is 4.79 Å². The molecule has 0 aliphatic heterocycles. The van der Waals surface area contributed by atoms with E-state index in [1.54, 1.807) is 6.20 Å². The Morgan fingerprint density at radius 3 is 2.87 bits per heavy atom. The van der Waals surface area contributed by atoms with Crippen molar-refractivity contribution in [1.29, 1.82) is 0 Å². The van der Waals surface area contributed by atoms with Crippen LogP contribution in [0.25, 0.3) is 21.9 Å². The second-order valence-electron chi connectivity index (χ2n) is 7.46. The van der Waals surface area contributed by atoms with Crippen LogP contribution in [0.4, 0.5) is 5.82 Å². The first kappa shape index (κ1) is 20.2. The molecule has 0 spiro atoms. The van der Waals surface area contributed by atoms with Crippen molar-refractivity contribution in [3.63, 3.8) is 0 Å². The zero-order valence-corrected chi connectivity index (χ0v) is 18.1. The fraction of sp³-hybridized carbons (Fsp3) is 0.333. The van der Waals surface area contributed by atoms with Gasteiger partial charge in [0.05, 0.1) is 18.1 Å². The van der Waals surface area contributed by atoms with Gasteiger partial charge in [0.15, 0.2) is 10.8 Å². The van der Waals surface area contributed by atoms with Crippen LogP contribution < -0.4 is 10.6 Å². The third-order valence-electron chi connectivity index (χ3n) is 4.72. The molecule has 3 N–H and O–H groups in total. The van der Waals surface area contributed by atoms with E-state index in [2.05, 4.69) is 44.5 Å². The minimum atomic E-state index is -0.138. The summed E-state index contributed by atoms with van der Waals surface area (Å²) in [7, 11) is 0. The molecule has 156 valence electrons. The normalized spacial score (nSPS) is 11.5. The monoisotopic (exact) mass is 423 g/mol. The third-order valence-corrected chi connectivity index (χ3v) is 5.27. The second kappa shape index (κ2) is 8.74. The first-order valence-corrected chi connectivity index (χ1v) is 11.1. The van der Waals surface area contributed by atoms with Crippen LogP contribution in [0.1, 0.15) is 24.3 Å². The maximum atomic E-state index is 12.5. The van der Waals surface area contributed by atoms with Crippen molar-refractivity contribution in [2.75, 3.05) is 24.7 Å². The van der Waals surface area contributed by atoms with Crippen molar-refractivity contribution in [2.45, 2.75) is 25.5 Å². The van der Waals surface area contributed by atoms with Crippen LogP contribution in [0, 0.1) is 5.92 Å². The molecule has 4 rings (SSSR count).